The van der Waals surface area contributed by atoms with Gasteiger partial charge in [0.25, 0.3) is 0 Å². The molecule has 3 heterocycles. The number of guanidine groups is 1. The van der Waals surface area contributed by atoms with Gasteiger partial charge in [0, 0.05) is 25.4 Å². The van der Waals surface area contributed by atoms with Crippen LogP contribution < -0.4 is 10.6 Å². The van der Waals surface area contributed by atoms with E-state index in [2.05, 4.69) is 35.4 Å². The number of aliphatic hydroxyl groups is 1. The molecule has 4 amide bonds. The summed E-state index contributed by atoms with van der Waals surface area (Å²) in [4.78, 5) is 69.7. The lowest BCUT2D eigenvalue weighted by molar-refractivity contribution is -0.164. The summed E-state index contributed by atoms with van der Waals surface area (Å²) < 4.78 is 14.9. The number of nitrogens with one attached hydrogen (secondary N) is 2. The van der Waals surface area contributed by atoms with Crippen molar-refractivity contribution in [1.82, 2.24) is 20.4 Å². The molecule has 4 atom stereocenters. The molecule has 0 aromatic carbocycles. The van der Waals surface area contributed by atoms with Crippen molar-refractivity contribution in [3.8, 4) is 0 Å². The minimum absolute atomic E-state index is 0.0415. The number of alkyl carbamates (subject to hydrolysis) is 2. The standard InChI is InChI=1S/C27H35N5O9/c1-5-12-39-24(36)22-18-15-31(11-9-17(18)21-20(16(4)33)23(35)32(21)22)19(34)8-10-28-25(29-26(37)40-13-6-2)30-27(38)41-14-7-3/h5-7,16-17,20-21,33H,1-3,8-15H2,4H3,(H2,28,29,30,37,38)/t16-,17+,20-,21-/m1/s1. The van der Waals surface area contributed by atoms with Gasteiger partial charge in [0.2, 0.25) is 17.8 Å². The van der Waals surface area contributed by atoms with Gasteiger partial charge in [-0.1, -0.05) is 38.0 Å². The number of carbonyl (C=O) groups excluding carboxylic acids is 5. The minimum atomic E-state index is -0.903. The Balaban J connectivity index is 1.70. The van der Waals surface area contributed by atoms with Gasteiger partial charge in [-0.3, -0.25) is 25.2 Å². The van der Waals surface area contributed by atoms with Crippen LogP contribution in [0.4, 0.5) is 9.59 Å². The summed E-state index contributed by atoms with van der Waals surface area (Å²) in [7, 11) is 0. The van der Waals surface area contributed by atoms with Crippen LogP contribution in [0.5, 0.6) is 0 Å². The molecule has 3 aliphatic heterocycles. The van der Waals surface area contributed by atoms with Crippen LogP contribution in [-0.2, 0) is 28.6 Å². The number of rotatable bonds is 11. The van der Waals surface area contributed by atoms with E-state index in [1.54, 1.807) is 11.8 Å². The lowest BCUT2D eigenvalue weighted by Gasteiger charge is -2.48. The Labute approximate surface area is 237 Å². The van der Waals surface area contributed by atoms with Crippen molar-refractivity contribution < 1.29 is 43.3 Å². The van der Waals surface area contributed by atoms with Crippen LogP contribution in [0.2, 0.25) is 0 Å². The van der Waals surface area contributed by atoms with E-state index in [1.165, 1.54) is 23.1 Å². The second kappa shape index (κ2) is 14.3. The zero-order chi connectivity index (χ0) is 30.1. The number of aliphatic hydroxyl groups excluding tert-OH is 1. The predicted octanol–water partition coefficient (Wildman–Crippen LogP) is 0.610. The average molecular weight is 574 g/mol. The van der Waals surface area contributed by atoms with Crippen molar-refractivity contribution in [3.63, 3.8) is 0 Å². The number of amides is 4. The summed E-state index contributed by atoms with van der Waals surface area (Å²) in [5, 5.41) is 14.7. The van der Waals surface area contributed by atoms with Crippen LogP contribution in [0.15, 0.2) is 54.2 Å². The van der Waals surface area contributed by atoms with Crippen LogP contribution in [-0.4, -0.2) is 102 Å². The molecular weight excluding hydrogens is 538 g/mol. The maximum atomic E-state index is 13.1. The highest BCUT2D eigenvalue weighted by Crippen LogP contribution is 2.50. The molecule has 14 nitrogen and oxygen atoms in total. The second-order valence-electron chi connectivity index (χ2n) is 9.44. The first-order chi connectivity index (χ1) is 19.6. The lowest BCUT2D eigenvalue weighted by atomic mass is 9.74. The summed E-state index contributed by atoms with van der Waals surface area (Å²) in [6, 6.07) is -0.368. The number of β-lactam (4-membered cyclic amide) rings is 1. The Hall–Kier alpha value is -4.46. The van der Waals surface area contributed by atoms with E-state index >= 15 is 0 Å². The summed E-state index contributed by atoms with van der Waals surface area (Å²) >= 11 is 0. The van der Waals surface area contributed by atoms with Gasteiger partial charge in [0.05, 0.1) is 24.6 Å². The fourth-order valence-corrected chi connectivity index (χ4v) is 5.08. The molecule has 0 radical (unpaired) electrons. The van der Waals surface area contributed by atoms with Crippen molar-refractivity contribution in [2.45, 2.75) is 31.9 Å². The number of hydrogen-bond donors (Lipinski definition) is 3. The van der Waals surface area contributed by atoms with Crippen LogP contribution in [0.25, 0.3) is 0 Å². The fourth-order valence-electron chi connectivity index (χ4n) is 5.08. The van der Waals surface area contributed by atoms with Gasteiger partial charge >= 0.3 is 18.2 Å². The quantitative estimate of drug-likeness (QED) is 0.0798. The highest BCUT2D eigenvalue weighted by molar-refractivity contribution is 6.02. The number of aliphatic imine (C=N–C) groups is 1. The number of esters is 1. The number of ether oxygens (including phenoxy) is 3. The minimum Gasteiger partial charge on any atom is -0.457 e. The molecule has 0 aliphatic carbocycles. The van der Waals surface area contributed by atoms with Crippen molar-refractivity contribution in [2.24, 2.45) is 16.8 Å². The molecule has 2 fully saturated rings. The first-order valence-electron chi connectivity index (χ1n) is 13.1. The van der Waals surface area contributed by atoms with E-state index in [9.17, 15) is 29.1 Å². The zero-order valence-electron chi connectivity index (χ0n) is 22.9. The molecule has 2 saturated heterocycles. The number of hydrogen-bond acceptors (Lipinski definition) is 10. The molecule has 0 aromatic heterocycles. The Bertz CT molecular complexity index is 1130. The maximum Gasteiger partial charge on any atom is 0.414 e. The SMILES string of the molecule is C=CCOC(=O)NC(=NCCC(=O)N1CC[C@H]2C(=C(C(=O)OCC=C)N3C(=O)[C@H]([C@@H](C)O)[C@@H]23)C1)NC(=O)OCC=C. The molecule has 222 valence electrons. The summed E-state index contributed by atoms with van der Waals surface area (Å²) in [6.07, 6.45) is 1.84. The highest BCUT2D eigenvalue weighted by Gasteiger charge is 2.61. The molecule has 3 aliphatic rings. The number of nitrogens with zero attached hydrogens (tertiary/aromatic N) is 3. The van der Waals surface area contributed by atoms with Gasteiger partial charge in [-0.25, -0.2) is 14.4 Å². The summed E-state index contributed by atoms with van der Waals surface area (Å²) in [6.45, 7) is 12.1. The number of likely N-dealkylation sites (tertiary alicyclic amines) is 1. The molecule has 14 heteroatoms. The van der Waals surface area contributed by atoms with Crippen LogP contribution in [0.1, 0.15) is 19.8 Å². The molecular formula is C27H35N5O9. The topological polar surface area (TPSA) is 176 Å². The third kappa shape index (κ3) is 7.20. The Morgan fingerprint density at radius 3 is 2.20 bits per heavy atom. The molecule has 3 rings (SSSR count). The normalized spacial score (nSPS) is 21.3. The first kappa shape index (κ1) is 31.1. The molecule has 0 unspecified atom stereocenters. The highest BCUT2D eigenvalue weighted by atomic mass is 16.6. The molecule has 0 saturated carbocycles. The van der Waals surface area contributed by atoms with Gasteiger partial charge in [0.15, 0.2) is 0 Å². The van der Waals surface area contributed by atoms with Gasteiger partial charge < -0.3 is 29.1 Å². The number of fused-ring (bicyclic) bond motifs is 3. The second-order valence-corrected chi connectivity index (χ2v) is 9.44. The van der Waals surface area contributed by atoms with Gasteiger partial charge in [0.1, 0.15) is 25.5 Å². The Kier molecular flexibility index (Phi) is 10.8. The molecule has 0 spiro atoms. The van der Waals surface area contributed by atoms with E-state index in [-0.39, 0.29) is 74.8 Å². The van der Waals surface area contributed by atoms with Crippen LogP contribution in [0, 0.1) is 11.8 Å². The van der Waals surface area contributed by atoms with Crippen molar-refractivity contribution >= 4 is 35.9 Å². The lowest BCUT2D eigenvalue weighted by Crippen LogP contribution is -2.64. The van der Waals surface area contributed by atoms with Crippen molar-refractivity contribution in [2.75, 3.05) is 39.5 Å². The third-order valence-electron chi connectivity index (χ3n) is 6.76. The zero-order valence-corrected chi connectivity index (χ0v) is 22.9. The summed E-state index contributed by atoms with van der Waals surface area (Å²) in [5.41, 5.74) is 0.730. The van der Waals surface area contributed by atoms with Crippen molar-refractivity contribution in [1.29, 1.82) is 0 Å². The molecule has 0 aromatic rings. The van der Waals surface area contributed by atoms with Crippen molar-refractivity contribution in [3.05, 3.63) is 49.2 Å². The van der Waals surface area contributed by atoms with Gasteiger partial charge in [-0.2, -0.15) is 0 Å². The number of carbonyl (C=O) groups is 5. The molecule has 0 bridgehead atoms. The Morgan fingerprint density at radius 2 is 1.63 bits per heavy atom. The monoisotopic (exact) mass is 573 g/mol. The van der Waals surface area contributed by atoms with Gasteiger partial charge in [-0.15, -0.1) is 0 Å². The van der Waals surface area contributed by atoms with E-state index < -0.39 is 30.2 Å². The third-order valence-corrected chi connectivity index (χ3v) is 6.76. The summed E-state index contributed by atoms with van der Waals surface area (Å²) in [5.74, 6) is -2.44. The van der Waals surface area contributed by atoms with E-state index in [1.807, 2.05) is 0 Å². The van der Waals surface area contributed by atoms with Crippen LogP contribution in [0.3, 0.4) is 0 Å². The largest absolute Gasteiger partial charge is 0.457 e. The molecule has 41 heavy (non-hydrogen) atoms. The van der Waals surface area contributed by atoms with E-state index in [0.717, 1.165) is 0 Å². The Morgan fingerprint density at radius 1 is 1.05 bits per heavy atom. The van der Waals surface area contributed by atoms with Crippen LogP contribution >= 0.6 is 0 Å². The smallest absolute Gasteiger partial charge is 0.414 e. The molecule has 3 N–H and O–H groups in total. The van der Waals surface area contributed by atoms with Gasteiger partial charge in [-0.05, 0) is 18.9 Å². The predicted molar refractivity (Wildman–Crippen MR) is 145 cm³/mol. The average Bonchev–Trinajstić information content (AvgIpc) is 3.22. The van der Waals surface area contributed by atoms with E-state index in [0.29, 0.717) is 18.5 Å². The first-order valence-corrected chi connectivity index (χ1v) is 13.1. The number of piperidine rings is 1. The van der Waals surface area contributed by atoms with E-state index in [4.69, 9.17) is 14.2 Å². The fraction of sp³-hybridized carbons (Fsp3) is 0.481. The maximum absolute atomic E-state index is 13.1.